The second-order valence-corrected chi connectivity index (χ2v) is 8.05. The van der Waals surface area contributed by atoms with E-state index in [1.54, 1.807) is 0 Å². The molecule has 0 radical (unpaired) electrons. The first-order chi connectivity index (χ1) is 13.7. The van der Waals surface area contributed by atoms with E-state index in [0.717, 1.165) is 57.8 Å². The number of piperidine rings is 1. The molecule has 0 amide bonds. The average Bonchev–Trinajstić information content (AvgIpc) is 2.73. The fraction of sp³-hybridized carbons (Fsp3) is 0.682. The van der Waals surface area contributed by atoms with E-state index in [-0.39, 0.29) is 24.0 Å². The molecule has 2 fully saturated rings. The minimum atomic E-state index is 0. The summed E-state index contributed by atoms with van der Waals surface area (Å²) in [6, 6.07) is 8.71. The zero-order chi connectivity index (χ0) is 19.6. The van der Waals surface area contributed by atoms with E-state index < -0.39 is 0 Å². The van der Waals surface area contributed by atoms with Gasteiger partial charge >= 0.3 is 0 Å². The third-order valence-corrected chi connectivity index (χ3v) is 5.97. The molecule has 0 atom stereocenters. The SMILES string of the molecule is CN=C(NCCC1CCN(C)CC1)NCc1ccccc1CN1CCOCC1.I. The third kappa shape index (κ3) is 8.39. The maximum absolute atomic E-state index is 5.47. The van der Waals surface area contributed by atoms with Crippen molar-refractivity contribution in [2.75, 3.05) is 60.0 Å². The lowest BCUT2D eigenvalue weighted by Gasteiger charge is -2.29. The molecule has 3 rings (SSSR count). The largest absolute Gasteiger partial charge is 0.379 e. The van der Waals surface area contributed by atoms with Gasteiger partial charge in [-0.25, -0.2) is 0 Å². The monoisotopic (exact) mass is 515 g/mol. The number of hydrogen-bond donors (Lipinski definition) is 2. The summed E-state index contributed by atoms with van der Waals surface area (Å²) in [4.78, 5) is 9.30. The van der Waals surface area contributed by atoms with Gasteiger partial charge in [0.25, 0.3) is 0 Å². The lowest BCUT2D eigenvalue weighted by atomic mass is 9.94. The van der Waals surface area contributed by atoms with E-state index in [9.17, 15) is 0 Å². The van der Waals surface area contributed by atoms with Crippen molar-refractivity contribution < 1.29 is 4.74 Å². The zero-order valence-corrected chi connectivity index (χ0v) is 20.4. The fourth-order valence-corrected chi connectivity index (χ4v) is 4.03. The number of nitrogens with zero attached hydrogens (tertiary/aromatic N) is 3. The van der Waals surface area contributed by atoms with E-state index in [1.807, 2.05) is 7.05 Å². The molecule has 0 spiro atoms. The molecule has 29 heavy (non-hydrogen) atoms. The molecule has 2 N–H and O–H groups in total. The summed E-state index contributed by atoms with van der Waals surface area (Å²) in [6.45, 7) is 8.96. The van der Waals surface area contributed by atoms with Crippen LogP contribution in [0.1, 0.15) is 30.4 Å². The van der Waals surface area contributed by atoms with Gasteiger partial charge in [0.05, 0.1) is 13.2 Å². The lowest BCUT2D eigenvalue weighted by Crippen LogP contribution is -2.39. The Hall–Kier alpha value is -0.900. The Morgan fingerprint density at radius 3 is 2.45 bits per heavy atom. The number of halogens is 1. The van der Waals surface area contributed by atoms with Crippen molar-refractivity contribution in [3.8, 4) is 0 Å². The van der Waals surface area contributed by atoms with Crippen LogP contribution in [-0.2, 0) is 17.8 Å². The van der Waals surface area contributed by atoms with Crippen molar-refractivity contribution in [2.45, 2.75) is 32.4 Å². The van der Waals surface area contributed by atoms with Crippen LogP contribution in [0.4, 0.5) is 0 Å². The molecule has 0 saturated carbocycles. The summed E-state index contributed by atoms with van der Waals surface area (Å²) in [7, 11) is 4.07. The minimum Gasteiger partial charge on any atom is -0.379 e. The van der Waals surface area contributed by atoms with Crippen LogP contribution >= 0.6 is 24.0 Å². The summed E-state index contributed by atoms with van der Waals surface area (Å²) in [5, 5.41) is 6.99. The number of likely N-dealkylation sites (tertiary alicyclic amines) is 1. The smallest absolute Gasteiger partial charge is 0.191 e. The molecule has 1 aromatic carbocycles. The second kappa shape index (κ2) is 13.4. The van der Waals surface area contributed by atoms with Crippen LogP contribution < -0.4 is 10.6 Å². The van der Waals surface area contributed by atoms with E-state index in [2.05, 4.69) is 56.7 Å². The molecular formula is C22H38IN5O. The van der Waals surface area contributed by atoms with Gasteiger partial charge in [-0.2, -0.15) is 0 Å². The van der Waals surface area contributed by atoms with Gasteiger partial charge in [0.2, 0.25) is 0 Å². The topological polar surface area (TPSA) is 52.1 Å². The maximum atomic E-state index is 5.47. The van der Waals surface area contributed by atoms with Crippen LogP contribution in [0.5, 0.6) is 0 Å². The quantitative estimate of drug-likeness (QED) is 0.332. The highest BCUT2D eigenvalue weighted by atomic mass is 127. The van der Waals surface area contributed by atoms with E-state index in [1.165, 1.54) is 43.5 Å². The molecule has 2 heterocycles. The highest BCUT2D eigenvalue weighted by molar-refractivity contribution is 14.0. The van der Waals surface area contributed by atoms with Crippen LogP contribution in [0, 0.1) is 5.92 Å². The van der Waals surface area contributed by atoms with Crippen molar-refractivity contribution >= 4 is 29.9 Å². The minimum absolute atomic E-state index is 0. The third-order valence-electron chi connectivity index (χ3n) is 5.97. The van der Waals surface area contributed by atoms with Gasteiger partial charge in [-0.3, -0.25) is 9.89 Å². The second-order valence-electron chi connectivity index (χ2n) is 8.05. The Morgan fingerprint density at radius 2 is 1.76 bits per heavy atom. The van der Waals surface area contributed by atoms with Gasteiger partial charge in [0.15, 0.2) is 5.96 Å². The summed E-state index contributed by atoms with van der Waals surface area (Å²) in [5.74, 6) is 1.74. The first-order valence-corrected chi connectivity index (χ1v) is 10.7. The van der Waals surface area contributed by atoms with Crippen molar-refractivity contribution in [1.82, 2.24) is 20.4 Å². The molecule has 0 aromatic heterocycles. The number of morpholine rings is 1. The summed E-state index contributed by atoms with van der Waals surface area (Å²) in [5.41, 5.74) is 2.73. The molecule has 164 valence electrons. The number of benzene rings is 1. The Balaban J connectivity index is 0.00000300. The molecule has 0 bridgehead atoms. The molecule has 7 heteroatoms. The molecule has 0 aliphatic carbocycles. The number of guanidine groups is 1. The van der Waals surface area contributed by atoms with E-state index >= 15 is 0 Å². The van der Waals surface area contributed by atoms with Crippen molar-refractivity contribution in [2.24, 2.45) is 10.9 Å². The van der Waals surface area contributed by atoms with Gasteiger partial charge in [-0.05, 0) is 56.4 Å². The molecule has 2 aliphatic heterocycles. The summed E-state index contributed by atoms with van der Waals surface area (Å²) < 4.78 is 5.47. The first-order valence-electron chi connectivity index (χ1n) is 10.7. The van der Waals surface area contributed by atoms with Gasteiger partial charge in [-0.15, -0.1) is 24.0 Å². The van der Waals surface area contributed by atoms with Crippen LogP contribution in [-0.4, -0.2) is 75.8 Å². The zero-order valence-electron chi connectivity index (χ0n) is 18.0. The number of rotatable bonds is 7. The Labute approximate surface area is 193 Å². The van der Waals surface area contributed by atoms with Crippen molar-refractivity contribution in [3.63, 3.8) is 0 Å². The van der Waals surface area contributed by atoms with Gasteiger partial charge in [0, 0.05) is 39.8 Å². The van der Waals surface area contributed by atoms with Crippen LogP contribution in [0.3, 0.4) is 0 Å². The molecule has 0 unspecified atom stereocenters. The maximum Gasteiger partial charge on any atom is 0.191 e. The predicted octanol–water partition coefficient (Wildman–Crippen LogP) is 2.53. The number of nitrogens with one attached hydrogen (secondary N) is 2. The highest BCUT2D eigenvalue weighted by Crippen LogP contribution is 2.18. The molecule has 6 nitrogen and oxygen atoms in total. The van der Waals surface area contributed by atoms with Crippen LogP contribution in [0.25, 0.3) is 0 Å². The summed E-state index contributed by atoms with van der Waals surface area (Å²) in [6.07, 6.45) is 3.86. The van der Waals surface area contributed by atoms with Crippen LogP contribution in [0.15, 0.2) is 29.3 Å². The van der Waals surface area contributed by atoms with Crippen molar-refractivity contribution in [3.05, 3.63) is 35.4 Å². The van der Waals surface area contributed by atoms with Gasteiger partial charge in [0.1, 0.15) is 0 Å². The number of hydrogen-bond acceptors (Lipinski definition) is 4. The van der Waals surface area contributed by atoms with Crippen molar-refractivity contribution in [1.29, 1.82) is 0 Å². The number of ether oxygens (including phenoxy) is 1. The molecule has 2 saturated heterocycles. The molecule has 2 aliphatic rings. The Morgan fingerprint density at radius 1 is 1.07 bits per heavy atom. The predicted molar refractivity (Wildman–Crippen MR) is 131 cm³/mol. The fourth-order valence-electron chi connectivity index (χ4n) is 4.03. The van der Waals surface area contributed by atoms with E-state index in [4.69, 9.17) is 4.74 Å². The molecular weight excluding hydrogens is 477 g/mol. The van der Waals surface area contributed by atoms with Gasteiger partial charge in [-0.1, -0.05) is 24.3 Å². The summed E-state index contributed by atoms with van der Waals surface area (Å²) >= 11 is 0. The van der Waals surface area contributed by atoms with Crippen LogP contribution in [0.2, 0.25) is 0 Å². The first kappa shape index (κ1) is 24.4. The Kier molecular flexibility index (Phi) is 11.3. The Bertz CT molecular complexity index is 613. The average molecular weight is 515 g/mol. The highest BCUT2D eigenvalue weighted by Gasteiger charge is 2.16. The number of aliphatic imine (C=N–C) groups is 1. The van der Waals surface area contributed by atoms with Gasteiger partial charge < -0.3 is 20.3 Å². The van der Waals surface area contributed by atoms with E-state index in [0.29, 0.717) is 0 Å². The molecule has 1 aromatic rings. The lowest BCUT2D eigenvalue weighted by molar-refractivity contribution is 0.0341. The standard InChI is InChI=1S/C22H37N5O.HI/c1-23-22(24-10-7-19-8-11-26(2)12-9-19)25-17-20-5-3-4-6-21(20)18-27-13-15-28-16-14-27;/h3-6,19H,7-18H2,1-2H3,(H2,23,24,25);1H. The normalized spacial score (nSPS) is 19.6.